The van der Waals surface area contributed by atoms with Crippen LogP contribution in [0.3, 0.4) is 0 Å². The van der Waals surface area contributed by atoms with Crippen molar-refractivity contribution in [3.63, 3.8) is 0 Å². The van der Waals surface area contributed by atoms with Crippen LogP contribution in [-0.2, 0) is 26.5 Å². The van der Waals surface area contributed by atoms with E-state index in [-0.39, 0.29) is 53.6 Å². The Labute approximate surface area is 405 Å². The van der Waals surface area contributed by atoms with E-state index in [9.17, 15) is 13.2 Å². The van der Waals surface area contributed by atoms with E-state index in [1.165, 1.54) is 24.4 Å². The quantitative estimate of drug-likeness (QED) is 0.123. The third-order valence-corrected chi connectivity index (χ3v) is 11.0. The molecule has 0 aliphatic heterocycles. The molecule has 0 fully saturated rings. The van der Waals surface area contributed by atoms with E-state index in [4.69, 9.17) is 23.6 Å². The Morgan fingerprint density at radius 2 is 1.41 bits per heavy atom. The van der Waals surface area contributed by atoms with E-state index in [0.717, 1.165) is 62.3 Å². The number of aryl methyl sites for hydroxylation is 4. The first kappa shape index (κ1) is 29.9. The van der Waals surface area contributed by atoms with E-state index in [2.05, 4.69) is 22.1 Å². The number of hydrogen-bond donors (Lipinski definition) is 0. The molecule has 3 aromatic heterocycles. The van der Waals surface area contributed by atoms with Gasteiger partial charge in [-0.2, -0.15) is 13.2 Å². The first-order valence-corrected chi connectivity index (χ1v) is 19.9. The predicted molar refractivity (Wildman–Crippen MR) is 253 cm³/mol. The molecular formula is C57H45F3IrN2O-2. The largest absolute Gasteiger partial charge is 0.501 e. The Morgan fingerprint density at radius 1 is 0.625 bits per heavy atom. The molecule has 0 bridgehead atoms. The fraction of sp³-hybridized carbons (Fsp3) is 0.158. The molecule has 0 aliphatic carbocycles. The van der Waals surface area contributed by atoms with Crippen molar-refractivity contribution < 1.29 is 56.9 Å². The van der Waals surface area contributed by atoms with Gasteiger partial charge in [0, 0.05) is 57.1 Å². The Kier molecular flexibility index (Phi) is 8.23. The second-order valence-corrected chi connectivity index (χ2v) is 15.6. The molecule has 1 radical (unpaired) electrons. The van der Waals surface area contributed by atoms with Gasteiger partial charge in [-0.05, 0) is 111 Å². The molecule has 0 atom stereocenters. The molecule has 0 aliphatic rings. The molecule has 0 saturated carbocycles. The molecule has 10 rings (SSSR count). The van der Waals surface area contributed by atoms with E-state index in [0.29, 0.717) is 47.4 Å². The van der Waals surface area contributed by atoms with Crippen molar-refractivity contribution in [3.05, 3.63) is 192 Å². The maximum Gasteiger partial charge on any atom is 0.394 e. The topological polar surface area (TPSA) is 38.9 Å². The number of rotatable bonds is 6. The van der Waals surface area contributed by atoms with Gasteiger partial charge in [-0.3, -0.25) is 0 Å². The van der Waals surface area contributed by atoms with Gasteiger partial charge in [0.15, 0.2) is 0 Å². The molecule has 321 valence electrons. The molecule has 0 unspecified atom stereocenters. The summed E-state index contributed by atoms with van der Waals surface area (Å²) in [5, 5.41) is 5.71. The number of nitrogens with zero attached hydrogens (tertiary/aromatic N) is 2. The smallest absolute Gasteiger partial charge is 0.394 e. The van der Waals surface area contributed by atoms with Gasteiger partial charge in [0.05, 0.1) is 11.0 Å². The van der Waals surface area contributed by atoms with Gasteiger partial charge < -0.3 is 14.4 Å². The number of alkyl halides is 3. The molecule has 0 saturated heterocycles. The fourth-order valence-electron chi connectivity index (χ4n) is 7.58. The number of aromatic nitrogens is 2. The number of furan rings is 1. The van der Waals surface area contributed by atoms with Gasteiger partial charge in [0.2, 0.25) is 0 Å². The number of pyridine rings is 2. The van der Waals surface area contributed by atoms with Crippen molar-refractivity contribution in [2.75, 3.05) is 0 Å². The zero-order chi connectivity index (χ0) is 55.8. The minimum atomic E-state index is -4.96. The number of halogens is 3. The van der Waals surface area contributed by atoms with Crippen molar-refractivity contribution in [1.82, 2.24) is 9.97 Å². The summed E-state index contributed by atoms with van der Waals surface area (Å²) in [5.74, 6) is 0. The van der Waals surface area contributed by atoms with Crippen molar-refractivity contribution >= 4 is 43.5 Å². The van der Waals surface area contributed by atoms with Crippen molar-refractivity contribution in [2.45, 2.75) is 53.8 Å². The van der Waals surface area contributed by atoms with E-state index in [1.54, 1.807) is 18.2 Å². The van der Waals surface area contributed by atoms with Crippen LogP contribution in [0.4, 0.5) is 13.2 Å². The molecular weight excluding hydrogens is 978 g/mol. The Balaban J connectivity index is 0.000000250. The summed E-state index contributed by atoms with van der Waals surface area (Å²) in [7, 11) is 0. The standard InChI is InChI=1S/C38H29F3NO.C19H16N.Ir/c1-22-16-24(20-37(3,4)38(39,40)41)12-15-27(22)31-18-34(42-21-23(31)2)30-11-7-10-29-33-17-26-14-13-25-8-5-6-9-28(25)32(26)19-35(33)43-36(29)30;1-14-8-11-19(20-13-14)17-10-9-15(2)18(12-17)16-6-4-3-5-7-16;/h5-10,12-19,21H,20H2,1-4H3;3-9,11-13H,1-2H3;/q2*-1;/i1D3,2D3,20D2;1D3,2D3;. The number of hydrogen-bond acceptors (Lipinski definition) is 3. The molecule has 10 aromatic rings. The second kappa shape index (κ2) is 17.6. The van der Waals surface area contributed by atoms with Gasteiger partial charge in [-0.1, -0.05) is 140 Å². The molecule has 64 heavy (non-hydrogen) atoms. The van der Waals surface area contributed by atoms with Crippen molar-refractivity contribution in [3.8, 4) is 44.8 Å². The van der Waals surface area contributed by atoms with Crippen LogP contribution >= 0.6 is 0 Å². The average Bonchev–Trinajstić information content (AvgIpc) is 3.92. The summed E-state index contributed by atoms with van der Waals surface area (Å²) in [6.45, 7) is -8.80. The van der Waals surface area contributed by atoms with Gasteiger partial charge in [-0.15, -0.1) is 47.5 Å². The molecule has 3 nitrogen and oxygen atoms in total. The Bertz CT molecular complexity index is 3870. The number of fused-ring (bicyclic) bond motifs is 6. The first-order chi connectivity index (χ1) is 35.9. The molecule has 0 amide bonds. The average molecular weight is 1040 g/mol. The second-order valence-electron chi connectivity index (χ2n) is 15.6. The first-order valence-electron chi connectivity index (χ1n) is 26.9. The van der Waals surface area contributed by atoms with Crippen LogP contribution in [0, 0.1) is 45.0 Å². The Hall–Kier alpha value is -6.40. The predicted octanol–water partition coefficient (Wildman–Crippen LogP) is 16.0. The van der Waals surface area contributed by atoms with Crippen LogP contribution in [0.15, 0.2) is 156 Å². The maximum absolute atomic E-state index is 14.0. The minimum Gasteiger partial charge on any atom is -0.501 e. The Morgan fingerprint density at radius 3 is 2.17 bits per heavy atom. The van der Waals surface area contributed by atoms with Crippen LogP contribution in [0.1, 0.15) is 60.9 Å². The molecule has 3 heterocycles. The molecule has 0 spiro atoms. The van der Waals surface area contributed by atoms with Crippen LogP contribution in [0.25, 0.3) is 88.3 Å². The van der Waals surface area contributed by atoms with Crippen LogP contribution in [-0.4, -0.2) is 16.1 Å². The molecule has 7 heteroatoms. The molecule has 7 aromatic carbocycles. The summed E-state index contributed by atoms with van der Waals surface area (Å²) in [4.78, 5) is 8.66. The summed E-state index contributed by atoms with van der Waals surface area (Å²) in [6, 6.07) is 45.8. The van der Waals surface area contributed by atoms with Crippen molar-refractivity contribution in [2.24, 2.45) is 5.41 Å². The molecule has 0 N–H and O–H groups in total. The summed E-state index contributed by atoms with van der Waals surface area (Å²) < 4.78 is 160. The van der Waals surface area contributed by atoms with Crippen molar-refractivity contribution in [1.29, 1.82) is 0 Å². The van der Waals surface area contributed by atoms with Crippen LogP contribution in [0.2, 0.25) is 0 Å². The normalized spacial score (nSPS) is 16.0. The maximum atomic E-state index is 14.0. The van der Waals surface area contributed by atoms with E-state index >= 15 is 0 Å². The van der Waals surface area contributed by atoms with E-state index < -0.39 is 56.5 Å². The van der Waals surface area contributed by atoms with Gasteiger partial charge in [-0.25, -0.2) is 0 Å². The number of benzene rings is 7. The summed E-state index contributed by atoms with van der Waals surface area (Å²) in [6.07, 6.45) is -5.56. The summed E-state index contributed by atoms with van der Waals surface area (Å²) >= 11 is 0. The fourth-order valence-corrected chi connectivity index (χ4v) is 7.58. The zero-order valence-corrected chi connectivity index (χ0v) is 36.6. The monoisotopic (exact) mass is 1040 g/mol. The van der Waals surface area contributed by atoms with Crippen LogP contribution < -0.4 is 0 Å². The van der Waals surface area contributed by atoms with Gasteiger partial charge >= 0.3 is 6.18 Å². The van der Waals surface area contributed by atoms with Crippen LogP contribution in [0.5, 0.6) is 0 Å². The third kappa shape index (κ3) is 8.63. The van der Waals surface area contributed by atoms with Gasteiger partial charge in [0.1, 0.15) is 5.58 Å². The summed E-state index contributed by atoms with van der Waals surface area (Å²) in [5.41, 5.74) is 0.143. The SMILES string of the molecule is [2H]C([2H])([2H])c1ccc(-c2[c-]cc(C([2H])([2H])[2H])c(-c3ccccc3)c2)nc1.[2H]C([2H])([2H])c1cnc(-c2[c-]ccc3c2oc2cc4c(ccc5ccccc54)cc23)cc1-c1ccc(C([2H])([2H])C(C)(C)C(F)(F)F)cc1C([2H])([2H])[2H].[Ir]. The minimum absolute atomic E-state index is 0. The van der Waals surface area contributed by atoms with E-state index in [1.807, 2.05) is 84.9 Å². The van der Waals surface area contributed by atoms with Gasteiger partial charge in [0.25, 0.3) is 0 Å². The third-order valence-electron chi connectivity index (χ3n) is 11.0. The zero-order valence-electron chi connectivity index (χ0n) is 48.2.